The first-order valence-corrected chi connectivity index (χ1v) is 10.4. The zero-order valence-corrected chi connectivity index (χ0v) is 17.8. The van der Waals surface area contributed by atoms with Crippen molar-refractivity contribution in [1.82, 2.24) is 30.1 Å². The van der Waals surface area contributed by atoms with E-state index in [1.165, 1.54) is 5.57 Å². The first-order chi connectivity index (χ1) is 15.7. The molecule has 8 nitrogen and oxygen atoms in total. The van der Waals surface area contributed by atoms with Crippen molar-refractivity contribution in [3.63, 3.8) is 0 Å². The number of rotatable bonds is 4. The maximum Gasteiger partial charge on any atom is 0.181 e. The molecule has 6 rings (SSSR count). The summed E-state index contributed by atoms with van der Waals surface area (Å²) in [6.07, 6.45) is 8.24. The Balaban J connectivity index is 1.47. The SMILES string of the molecule is CN(C)c1cncc(-c2cnc3n[nH]c(-c4nc5c(C6=COCC6)cccc5[nH]4)c3c2)c1. The Kier molecular flexibility index (Phi) is 4.17. The van der Waals surface area contributed by atoms with Crippen molar-refractivity contribution in [3.05, 3.63) is 60.7 Å². The van der Waals surface area contributed by atoms with Gasteiger partial charge in [0.1, 0.15) is 5.69 Å². The van der Waals surface area contributed by atoms with Gasteiger partial charge in [-0.25, -0.2) is 9.97 Å². The van der Waals surface area contributed by atoms with Crippen LogP contribution in [-0.2, 0) is 4.74 Å². The molecule has 0 amide bonds. The molecule has 0 spiro atoms. The lowest BCUT2D eigenvalue weighted by atomic mass is 10.0. The number of imidazole rings is 1. The van der Waals surface area contributed by atoms with Crippen molar-refractivity contribution in [2.45, 2.75) is 6.42 Å². The van der Waals surface area contributed by atoms with Crippen LogP contribution in [0, 0.1) is 0 Å². The van der Waals surface area contributed by atoms with Gasteiger partial charge in [0.25, 0.3) is 0 Å². The van der Waals surface area contributed by atoms with Gasteiger partial charge in [-0.1, -0.05) is 12.1 Å². The Hall–Kier alpha value is -4.20. The Bertz CT molecular complexity index is 1500. The van der Waals surface area contributed by atoms with Gasteiger partial charge in [-0.05, 0) is 23.8 Å². The summed E-state index contributed by atoms with van der Waals surface area (Å²) in [5.74, 6) is 0.730. The van der Waals surface area contributed by atoms with Gasteiger partial charge >= 0.3 is 0 Å². The Labute approximate surface area is 184 Å². The number of pyridine rings is 2. The first kappa shape index (κ1) is 18.6. The van der Waals surface area contributed by atoms with Gasteiger partial charge in [0.15, 0.2) is 11.5 Å². The molecule has 0 fully saturated rings. The number of fused-ring (bicyclic) bond motifs is 2. The van der Waals surface area contributed by atoms with Gasteiger partial charge in [-0.2, -0.15) is 5.10 Å². The van der Waals surface area contributed by atoms with Gasteiger partial charge in [-0.3, -0.25) is 10.1 Å². The van der Waals surface area contributed by atoms with Crippen LogP contribution in [0.2, 0.25) is 0 Å². The fourth-order valence-corrected chi connectivity index (χ4v) is 4.06. The number of benzene rings is 1. The summed E-state index contributed by atoms with van der Waals surface area (Å²) in [4.78, 5) is 19.3. The molecule has 5 heterocycles. The molecule has 158 valence electrons. The standard InChI is InChI=1S/C24H21N7O/c1-31(2)17-8-15(10-25-12-17)16-9-19-22(29-30-23(19)26-11-16)24-27-20-5-3-4-18(21(20)28-24)14-6-7-32-13-14/h3-5,8-13H,6-7H2,1-2H3,(H,27,28)(H,26,29,30). The highest BCUT2D eigenvalue weighted by molar-refractivity contribution is 5.96. The summed E-state index contributed by atoms with van der Waals surface area (Å²) < 4.78 is 5.44. The van der Waals surface area contributed by atoms with Crippen LogP contribution in [-0.4, -0.2) is 50.8 Å². The van der Waals surface area contributed by atoms with Crippen LogP contribution in [0.15, 0.2) is 55.2 Å². The summed E-state index contributed by atoms with van der Waals surface area (Å²) in [5.41, 5.74) is 8.62. The van der Waals surface area contributed by atoms with Crippen molar-refractivity contribution >= 4 is 33.3 Å². The molecule has 0 saturated carbocycles. The van der Waals surface area contributed by atoms with Crippen LogP contribution in [0.1, 0.15) is 12.0 Å². The van der Waals surface area contributed by atoms with E-state index in [0.29, 0.717) is 12.3 Å². The van der Waals surface area contributed by atoms with Gasteiger partial charge in [0.2, 0.25) is 0 Å². The molecular formula is C24H21N7O. The van der Waals surface area contributed by atoms with E-state index in [1.807, 2.05) is 56.0 Å². The number of nitrogens with zero attached hydrogens (tertiary/aromatic N) is 5. The average molecular weight is 423 g/mol. The topological polar surface area (TPSA) is 95.6 Å². The molecule has 1 aromatic carbocycles. The summed E-state index contributed by atoms with van der Waals surface area (Å²) in [7, 11) is 4.00. The lowest BCUT2D eigenvalue weighted by molar-refractivity contribution is 0.281. The first-order valence-electron chi connectivity index (χ1n) is 10.4. The quantitative estimate of drug-likeness (QED) is 0.445. The van der Waals surface area contributed by atoms with Crippen molar-refractivity contribution in [2.75, 3.05) is 25.6 Å². The second kappa shape index (κ2) is 7.19. The number of nitrogens with one attached hydrogen (secondary N) is 2. The monoisotopic (exact) mass is 423 g/mol. The Morgan fingerprint density at radius 3 is 2.81 bits per heavy atom. The number of hydrogen-bond acceptors (Lipinski definition) is 6. The number of aromatic amines is 2. The molecule has 0 unspecified atom stereocenters. The minimum atomic E-state index is 0.646. The van der Waals surface area contributed by atoms with E-state index in [0.717, 1.165) is 56.7 Å². The minimum absolute atomic E-state index is 0.646. The normalized spacial score (nSPS) is 13.5. The number of ether oxygens (including phenoxy) is 1. The second-order valence-electron chi connectivity index (χ2n) is 8.07. The molecule has 0 atom stereocenters. The highest BCUT2D eigenvalue weighted by Gasteiger charge is 2.18. The van der Waals surface area contributed by atoms with Crippen LogP contribution in [0.5, 0.6) is 0 Å². The zero-order valence-electron chi connectivity index (χ0n) is 17.8. The molecule has 32 heavy (non-hydrogen) atoms. The maximum atomic E-state index is 5.44. The van der Waals surface area contributed by atoms with E-state index >= 15 is 0 Å². The van der Waals surface area contributed by atoms with Crippen LogP contribution >= 0.6 is 0 Å². The third kappa shape index (κ3) is 2.99. The number of hydrogen-bond donors (Lipinski definition) is 2. The highest BCUT2D eigenvalue weighted by atomic mass is 16.5. The molecule has 1 aliphatic rings. The Morgan fingerprint density at radius 1 is 1.06 bits per heavy atom. The minimum Gasteiger partial charge on any atom is -0.501 e. The highest BCUT2D eigenvalue weighted by Crippen LogP contribution is 2.33. The van der Waals surface area contributed by atoms with Crippen LogP contribution in [0.4, 0.5) is 5.69 Å². The lowest BCUT2D eigenvalue weighted by Gasteiger charge is -2.12. The fraction of sp³-hybridized carbons (Fsp3) is 0.167. The lowest BCUT2D eigenvalue weighted by Crippen LogP contribution is -2.08. The number of aromatic nitrogens is 6. The number of anilines is 1. The summed E-state index contributed by atoms with van der Waals surface area (Å²) >= 11 is 0. The molecule has 1 aliphatic heterocycles. The second-order valence-corrected chi connectivity index (χ2v) is 8.07. The van der Waals surface area contributed by atoms with Crippen LogP contribution in [0.25, 0.3) is 50.3 Å². The molecule has 4 aromatic heterocycles. The van der Waals surface area contributed by atoms with E-state index in [4.69, 9.17) is 9.72 Å². The molecule has 0 saturated heterocycles. The largest absolute Gasteiger partial charge is 0.501 e. The number of H-pyrrole nitrogens is 2. The van der Waals surface area contributed by atoms with Crippen LogP contribution in [0.3, 0.4) is 0 Å². The van der Waals surface area contributed by atoms with E-state index < -0.39 is 0 Å². The van der Waals surface area contributed by atoms with E-state index in [9.17, 15) is 0 Å². The van der Waals surface area contributed by atoms with Crippen molar-refractivity contribution < 1.29 is 4.74 Å². The third-order valence-electron chi connectivity index (χ3n) is 5.79. The van der Waals surface area contributed by atoms with E-state index in [2.05, 4.69) is 43.3 Å². The molecule has 0 bridgehead atoms. The van der Waals surface area contributed by atoms with Crippen molar-refractivity contribution in [2.24, 2.45) is 0 Å². The van der Waals surface area contributed by atoms with Gasteiger partial charge in [0, 0.05) is 49.6 Å². The predicted molar refractivity (Wildman–Crippen MR) is 125 cm³/mol. The van der Waals surface area contributed by atoms with Crippen molar-refractivity contribution in [3.8, 4) is 22.6 Å². The molecule has 0 radical (unpaired) electrons. The third-order valence-corrected chi connectivity index (χ3v) is 5.79. The van der Waals surface area contributed by atoms with Gasteiger partial charge in [0.05, 0.1) is 41.2 Å². The maximum absolute atomic E-state index is 5.44. The van der Waals surface area contributed by atoms with Gasteiger partial charge in [-0.15, -0.1) is 0 Å². The molecule has 5 aromatic rings. The van der Waals surface area contributed by atoms with E-state index in [-0.39, 0.29) is 0 Å². The molecule has 8 heteroatoms. The molecular weight excluding hydrogens is 402 g/mol. The summed E-state index contributed by atoms with van der Waals surface area (Å²) in [6.45, 7) is 0.715. The fourth-order valence-electron chi connectivity index (χ4n) is 4.06. The zero-order chi connectivity index (χ0) is 21.7. The summed E-state index contributed by atoms with van der Waals surface area (Å²) in [6, 6.07) is 10.3. The van der Waals surface area contributed by atoms with Crippen LogP contribution < -0.4 is 4.90 Å². The number of para-hydroxylation sites is 1. The van der Waals surface area contributed by atoms with Crippen molar-refractivity contribution in [1.29, 1.82) is 0 Å². The smallest absolute Gasteiger partial charge is 0.181 e. The summed E-state index contributed by atoms with van der Waals surface area (Å²) in [5, 5.41) is 8.42. The van der Waals surface area contributed by atoms with Gasteiger partial charge < -0.3 is 14.6 Å². The Morgan fingerprint density at radius 2 is 1.97 bits per heavy atom. The molecule has 0 aliphatic carbocycles. The van der Waals surface area contributed by atoms with E-state index in [1.54, 1.807) is 0 Å². The molecule has 2 N–H and O–H groups in total. The average Bonchev–Trinajstić information content (AvgIpc) is 3.57. The predicted octanol–water partition coefficient (Wildman–Crippen LogP) is 4.39.